The zero-order chi connectivity index (χ0) is 17.9. The summed E-state index contributed by atoms with van der Waals surface area (Å²) in [4.78, 5) is 17.0. The van der Waals surface area contributed by atoms with Crippen molar-refractivity contribution in [3.05, 3.63) is 66.5 Å². The molecule has 5 nitrogen and oxygen atoms in total. The van der Waals surface area contributed by atoms with Gasteiger partial charge in [0.05, 0.1) is 23.5 Å². The van der Waals surface area contributed by atoms with Crippen molar-refractivity contribution < 1.29 is 9.90 Å². The number of hydrogen-bond donors (Lipinski definition) is 2. The number of aliphatic hydroxyl groups excluding tert-OH is 1. The Labute approximate surface area is 152 Å². The fourth-order valence-electron chi connectivity index (χ4n) is 3.71. The van der Waals surface area contributed by atoms with Crippen molar-refractivity contribution in [3.63, 3.8) is 0 Å². The van der Waals surface area contributed by atoms with E-state index in [9.17, 15) is 9.90 Å². The van der Waals surface area contributed by atoms with Crippen LogP contribution in [0.3, 0.4) is 0 Å². The van der Waals surface area contributed by atoms with Gasteiger partial charge in [-0.05, 0) is 42.9 Å². The van der Waals surface area contributed by atoms with Gasteiger partial charge < -0.3 is 15.0 Å². The predicted molar refractivity (Wildman–Crippen MR) is 101 cm³/mol. The van der Waals surface area contributed by atoms with Gasteiger partial charge in [0.15, 0.2) is 0 Å². The van der Waals surface area contributed by atoms with Crippen molar-refractivity contribution in [1.29, 1.82) is 0 Å². The number of fused-ring (bicyclic) bond motifs is 1. The van der Waals surface area contributed by atoms with Crippen molar-refractivity contribution in [2.45, 2.75) is 38.0 Å². The zero-order valence-electron chi connectivity index (χ0n) is 14.6. The Kier molecular flexibility index (Phi) is 4.71. The van der Waals surface area contributed by atoms with Crippen LogP contribution in [-0.4, -0.2) is 32.7 Å². The molecule has 26 heavy (non-hydrogen) atoms. The molecule has 0 radical (unpaired) electrons. The van der Waals surface area contributed by atoms with Crippen molar-refractivity contribution >= 4 is 16.9 Å². The summed E-state index contributed by atoms with van der Waals surface area (Å²) in [5.74, 6) is 0.309. The lowest BCUT2D eigenvalue weighted by Gasteiger charge is -2.38. The minimum Gasteiger partial charge on any atom is -0.393 e. The second kappa shape index (κ2) is 7.30. The number of nitrogens with zero attached hydrogens (tertiary/aromatic N) is 2. The van der Waals surface area contributed by atoms with Gasteiger partial charge in [-0.3, -0.25) is 4.79 Å². The molecule has 1 atom stereocenters. The summed E-state index contributed by atoms with van der Waals surface area (Å²) < 4.78 is 1.87. The van der Waals surface area contributed by atoms with Crippen molar-refractivity contribution in [3.8, 4) is 0 Å². The van der Waals surface area contributed by atoms with Crippen LogP contribution in [0.2, 0.25) is 0 Å². The minimum atomic E-state index is -0.229. The smallest absolute Gasteiger partial charge is 0.240 e. The summed E-state index contributed by atoms with van der Waals surface area (Å²) in [5.41, 5.74) is 3.05. The van der Waals surface area contributed by atoms with Crippen LogP contribution in [0.25, 0.3) is 11.0 Å². The van der Waals surface area contributed by atoms with E-state index in [1.807, 2.05) is 47.0 Å². The lowest BCUT2D eigenvalue weighted by molar-refractivity contribution is -0.123. The number of carbonyl (C=O) groups is 1. The number of carbonyl (C=O) groups excluding carboxylic acids is 1. The highest BCUT2D eigenvalue weighted by atomic mass is 16.3. The van der Waals surface area contributed by atoms with Gasteiger partial charge >= 0.3 is 0 Å². The number of rotatable bonds is 6. The molecule has 1 saturated carbocycles. The molecule has 0 aliphatic heterocycles. The topological polar surface area (TPSA) is 67.2 Å². The van der Waals surface area contributed by atoms with E-state index in [1.165, 1.54) is 5.56 Å². The molecule has 2 N–H and O–H groups in total. The fourth-order valence-corrected chi connectivity index (χ4v) is 3.71. The van der Waals surface area contributed by atoms with Gasteiger partial charge in [-0.1, -0.05) is 42.5 Å². The number of para-hydroxylation sites is 2. The highest BCUT2D eigenvalue weighted by Crippen LogP contribution is 2.31. The maximum Gasteiger partial charge on any atom is 0.240 e. The average Bonchev–Trinajstić information content (AvgIpc) is 3.02. The van der Waals surface area contributed by atoms with E-state index in [0.29, 0.717) is 5.92 Å². The van der Waals surface area contributed by atoms with Crippen LogP contribution in [-0.2, 0) is 17.8 Å². The summed E-state index contributed by atoms with van der Waals surface area (Å²) in [6.07, 6.45) is 3.78. The average molecular weight is 349 g/mol. The molecule has 1 aliphatic carbocycles. The second-order valence-corrected chi connectivity index (χ2v) is 7.11. The molecular weight excluding hydrogens is 326 g/mol. The number of nitrogens with one attached hydrogen (secondary N) is 1. The summed E-state index contributed by atoms with van der Waals surface area (Å²) >= 11 is 0. The van der Waals surface area contributed by atoms with Gasteiger partial charge in [-0.15, -0.1) is 0 Å². The molecule has 4 rings (SSSR count). The number of aliphatic hydroxyl groups is 1. The predicted octanol–water partition coefficient (Wildman–Crippen LogP) is 2.53. The number of aromatic nitrogens is 2. The Balaban J connectivity index is 1.45. The Morgan fingerprint density at radius 3 is 2.65 bits per heavy atom. The van der Waals surface area contributed by atoms with Crippen LogP contribution >= 0.6 is 0 Å². The summed E-state index contributed by atoms with van der Waals surface area (Å²) in [7, 11) is 0. The van der Waals surface area contributed by atoms with Crippen LogP contribution < -0.4 is 5.32 Å². The van der Waals surface area contributed by atoms with Gasteiger partial charge in [0, 0.05) is 6.04 Å². The molecule has 5 heteroatoms. The summed E-state index contributed by atoms with van der Waals surface area (Å²) in [5, 5.41) is 12.9. The molecule has 3 aromatic rings. The fraction of sp³-hybridized carbons (Fsp3) is 0.333. The van der Waals surface area contributed by atoms with Crippen LogP contribution in [0.15, 0.2) is 60.9 Å². The molecule has 0 saturated heterocycles. The van der Waals surface area contributed by atoms with E-state index in [1.54, 1.807) is 6.33 Å². The van der Waals surface area contributed by atoms with Crippen LogP contribution in [0, 0.1) is 5.92 Å². The highest BCUT2D eigenvalue weighted by Gasteiger charge is 2.34. The lowest BCUT2D eigenvalue weighted by Crippen LogP contribution is -2.49. The quantitative estimate of drug-likeness (QED) is 0.719. The third kappa shape index (κ3) is 3.63. The Morgan fingerprint density at radius 2 is 1.88 bits per heavy atom. The standard InChI is InChI=1S/C21H23N3O2/c25-17-11-16(12-17)19(10-15-6-2-1-3-7-15)23-21(26)13-24-14-22-18-8-4-5-9-20(18)24/h1-9,14,16-17,19,25H,10-13H2,(H,23,26)/t16?,17?,19-/m0/s1. The van der Waals surface area contributed by atoms with E-state index in [2.05, 4.69) is 22.4 Å². The van der Waals surface area contributed by atoms with Gasteiger partial charge in [0.1, 0.15) is 6.54 Å². The van der Waals surface area contributed by atoms with E-state index in [4.69, 9.17) is 0 Å². The van der Waals surface area contributed by atoms with Crippen molar-refractivity contribution in [2.75, 3.05) is 0 Å². The molecule has 1 fully saturated rings. The third-order valence-corrected chi connectivity index (χ3v) is 5.20. The normalized spacial score (nSPS) is 20.5. The van der Waals surface area contributed by atoms with Crippen LogP contribution in [0.1, 0.15) is 18.4 Å². The first-order valence-corrected chi connectivity index (χ1v) is 9.10. The van der Waals surface area contributed by atoms with Gasteiger partial charge in [-0.25, -0.2) is 4.98 Å². The first kappa shape index (κ1) is 16.8. The van der Waals surface area contributed by atoms with Crippen molar-refractivity contribution in [1.82, 2.24) is 14.9 Å². The second-order valence-electron chi connectivity index (χ2n) is 7.11. The first-order chi connectivity index (χ1) is 12.7. The molecule has 1 aromatic heterocycles. The zero-order valence-corrected chi connectivity index (χ0v) is 14.6. The third-order valence-electron chi connectivity index (χ3n) is 5.20. The molecule has 2 aromatic carbocycles. The largest absolute Gasteiger partial charge is 0.393 e. The highest BCUT2D eigenvalue weighted by molar-refractivity contribution is 5.80. The van der Waals surface area contributed by atoms with Gasteiger partial charge in [0.2, 0.25) is 5.91 Å². The summed E-state index contributed by atoms with van der Waals surface area (Å²) in [6.45, 7) is 0.251. The molecule has 1 heterocycles. The Morgan fingerprint density at radius 1 is 1.15 bits per heavy atom. The van der Waals surface area contributed by atoms with E-state index in [-0.39, 0.29) is 24.6 Å². The SMILES string of the molecule is O=C(Cn1cnc2ccccc21)N[C@@H](Cc1ccccc1)C1CC(O)C1. The molecule has 0 unspecified atom stereocenters. The molecular formula is C21H23N3O2. The summed E-state index contributed by atoms with van der Waals surface area (Å²) in [6, 6.07) is 18.0. The van der Waals surface area contributed by atoms with Gasteiger partial charge in [0.25, 0.3) is 0 Å². The van der Waals surface area contributed by atoms with E-state index in [0.717, 1.165) is 30.3 Å². The number of amides is 1. The molecule has 0 spiro atoms. The first-order valence-electron chi connectivity index (χ1n) is 9.10. The van der Waals surface area contributed by atoms with Crippen LogP contribution in [0.5, 0.6) is 0 Å². The molecule has 1 amide bonds. The van der Waals surface area contributed by atoms with Crippen molar-refractivity contribution in [2.24, 2.45) is 5.92 Å². The maximum absolute atomic E-state index is 12.7. The monoisotopic (exact) mass is 349 g/mol. The van der Waals surface area contributed by atoms with Crippen LogP contribution in [0.4, 0.5) is 0 Å². The van der Waals surface area contributed by atoms with E-state index >= 15 is 0 Å². The number of imidazole rings is 1. The lowest BCUT2D eigenvalue weighted by atomic mass is 9.75. The minimum absolute atomic E-state index is 0.0181. The Bertz CT molecular complexity index is 884. The molecule has 1 aliphatic rings. The number of hydrogen-bond acceptors (Lipinski definition) is 3. The Hall–Kier alpha value is -2.66. The molecule has 134 valence electrons. The van der Waals surface area contributed by atoms with Gasteiger partial charge in [-0.2, -0.15) is 0 Å². The molecule has 0 bridgehead atoms. The maximum atomic E-state index is 12.7. The number of benzene rings is 2. The van der Waals surface area contributed by atoms with E-state index < -0.39 is 0 Å².